The second-order valence-electron chi connectivity index (χ2n) is 5.77. The Morgan fingerprint density at radius 2 is 1.80 bits per heavy atom. The van der Waals surface area contributed by atoms with Gasteiger partial charge in [0.1, 0.15) is 0 Å². The molecule has 1 saturated heterocycles. The Balaban J connectivity index is 2.69. The average Bonchev–Trinajstić information content (AvgIpc) is 2.49. The summed E-state index contributed by atoms with van der Waals surface area (Å²) in [6.07, 6.45) is 4.49. The Morgan fingerprint density at radius 1 is 1.20 bits per heavy atom. The molecule has 0 bridgehead atoms. The van der Waals surface area contributed by atoms with Crippen molar-refractivity contribution in [2.24, 2.45) is 0 Å². The van der Waals surface area contributed by atoms with Crippen LogP contribution in [0, 0.1) is 0 Å². The average molecular weight is 339 g/mol. The molecule has 120 valence electrons. The molecule has 1 fully saturated rings. The quantitative estimate of drug-likeness (QED) is 0.545. The Bertz CT molecular complexity index is 273. The predicted molar refractivity (Wildman–Crippen MR) is 90.4 cm³/mol. The molecular weight excluding hydrogens is 308 g/mol. The Hall–Kier alpha value is 0.624. The topological polar surface area (TPSA) is 36.9 Å². The molecule has 0 aliphatic carbocycles. The molecule has 0 aromatic heterocycles. The summed E-state index contributed by atoms with van der Waals surface area (Å²) in [5, 5.41) is 0.248. The molecule has 0 spiro atoms. The van der Waals surface area contributed by atoms with Gasteiger partial charge in [0.2, 0.25) is 0 Å². The van der Waals surface area contributed by atoms with E-state index >= 15 is 0 Å². The van der Waals surface area contributed by atoms with Crippen molar-refractivity contribution in [1.82, 2.24) is 0 Å². The summed E-state index contributed by atoms with van der Waals surface area (Å²) in [6.45, 7) is 5.61. The molecule has 0 aromatic carbocycles. The summed E-state index contributed by atoms with van der Waals surface area (Å²) in [5.74, 6) is 0. The lowest BCUT2D eigenvalue weighted by Gasteiger charge is -2.45. The summed E-state index contributed by atoms with van der Waals surface area (Å²) in [4.78, 5) is 0. The van der Waals surface area contributed by atoms with Crippen LogP contribution in [0.1, 0.15) is 25.7 Å². The lowest BCUT2D eigenvalue weighted by atomic mass is 10.0. The monoisotopic (exact) mass is 338 g/mol. The SMILES string of the molecule is CO[Si](CCC(S)C1([SiH](C)C)CCCCO1)(OC)OC. The predicted octanol–water partition coefficient (Wildman–Crippen LogP) is 2.52. The minimum absolute atomic E-state index is 0.0106. The maximum absolute atomic E-state index is 6.23. The van der Waals surface area contributed by atoms with Crippen molar-refractivity contribution in [3.8, 4) is 0 Å². The molecule has 1 aliphatic rings. The highest BCUT2D eigenvalue weighted by atomic mass is 32.1. The Morgan fingerprint density at radius 3 is 2.20 bits per heavy atom. The number of rotatable bonds is 8. The molecule has 0 aromatic rings. The zero-order valence-corrected chi connectivity index (χ0v) is 16.5. The van der Waals surface area contributed by atoms with E-state index in [0.29, 0.717) is 0 Å². The molecule has 2 unspecified atom stereocenters. The molecule has 0 N–H and O–H groups in total. The van der Waals surface area contributed by atoms with Gasteiger partial charge in [-0.3, -0.25) is 0 Å². The fourth-order valence-corrected chi connectivity index (χ4v) is 8.45. The van der Waals surface area contributed by atoms with Gasteiger partial charge in [0, 0.05) is 39.2 Å². The number of ether oxygens (including phenoxy) is 1. The molecule has 0 amide bonds. The first kappa shape index (κ1) is 18.7. The molecule has 1 rings (SSSR count). The van der Waals surface area contributed by atoms with E-state index in [4.69, 9.17) is 30.6 Å². The number of thiol groups is 1. The van der Waals surface area contributed by atoms with Crippen LogP contribution in [0.3, 0.4) is 0 Å². The van der Waals surface area contributed by atoms with E-state index in [1.807, 2.05) is 0 Å². The van der Waals surface area contributed by atoms with Crippen molar-refractivity contribution in [3.63, 3.8) is 0 Å². The summed E-state index contributed by atoms with van der Waals surface area (Å²) in [7, 11) is 1.53. The summed E-state index contributed by atoms with van der Waals surface area (Å²) >= 11 is 4.89. The van der Waals surface area contributed by atoms with E-state index in [0.717, 1.165) is 25.5 Å². The van der Waals surface area contributed by atoms with E-state index in [-0.39, 0.29) is 10.5 Å². The molecular formula is C13H30O4SSi2. The van der Waals surface area contributed by atoms with E-state index in [1.54, 1.807) is 21.3 Å². The van der Waals surface area contributed by atoms with Crippen LogP contribution in [0.4, 0.5) is 0 Å². The van der Waals surface area contributed by atoms with Gasteiger partial charge in [0.05, 0.1) is 14.0 Å². The lowest BCUT2D eigenvalue weighted by Crippen LogP contribution is -2.55. The van der Waals surface area contributed by atoms with Crippen molar-refractivity contribution < 1.29 is 18.0 Å². The third kappa shape index (κ3) is 4.09. The number of hydrogen-bond donors (Lipinski definition) is 1. The van der Waals surface area contributed by atoms with Crippen molar-refractivity contribution in [3.05, 3.63) is 0 Å². The molecule has 2 atom stereocenters. The molecule has 4 nitrogen and oxygen atoms in total. The van der Waals surface area contributed by atoms with Gasteiger partial charge < -0.3 is 18.0 Å². The highest BCUT2D eigenvalue weighted by molar-refractivity contribution is 7.81. The second kappa shape index (κ2) is 8.31. The van der Waals surface area contributed by atoms with Gasteiger partial charge in [-0.15, -0.1) is 0 Å². The maximum Gasteiger partial charge on any atom is 0.500 e. The van der Waals surface area contributed by atoms with Gasteiger partial charge >= 0.3 is 8.80 Å². The van der Waals surface area contributed by atoms with Gasteiger partial charge in [0.15, 0.2) is 0 Å². The molecule has 1 heterocycles. The van der Waals surface area contributed by atoms with Crippen molar-refractivity contribution in [2.75, 3.05) is 27.9 Å². The Labute approximate surface area is 131 Å². The van der Waals surface area contributed by atoms with Crippen molar-refractivity contribution in [2.45, 2.75) is 55.3 Å². The third-order valence-electron chi connectivity index (χ3n) is 4.53. The van der Waals surface area contributed by atoms with E-state index in [1.165, 1.54) is 12.8 Å². The van der Waals surface area contributed by atoms with Crippen molar-refractivity contribution >= 4 is 30.2 Å². The van der Waals surface area contributed by atoms with Crippen LogP contribution in [0.25, 0.3) is 0 Å². The van der Waals surface area contributed by atoms with Gasteiger partial charge in [-0.2, -0.15) is 12.6 Å². The Kier molecular flexibility index (Phi) is 7.76. The van der Waals surface area contributed by atoms with E-state index < -0.39 is 17.6 Å². The lowest BCUT2D eigenvalue weighted by molar-refractivity contribution is -0.0243. The first-order valence-corrected chi connectivity index (χ1v) is 12.8. The fraction of sp³-hybridized carbons (Fsp3) is 1.00. The van der Waals surface area contributed by atoms with E-state index in [2.05, 4.69) is 13.1 Å². The van der Waals surface area contributed by atoms with Crippen LogP contribution in [0.2, 0.25) is 19.1 Å². The molecule has 0 radical (unpaired) electrons. The second-order valence-corrected chi connectivity index (χ2v) is 12.8. The van der Waals surface area contributed by atoms with Crippen molar-refractivity contribution in [1.29, 1.82) is 0 Å². The zero-order chi connectivity index (χ0) is 15.2. The maximum atomic E-state index is 6.23. The standard InChI is InChI=1S/C13H30O4SSi2/c1-14-20(15-2,16-3)11-8-12(18)13(19(4)5)9-6-7-10-17-13/h12,18-19H,6-11H2,1-5H3. The molecule has 7 heteroatoms. The van der Waals surface area contributed by atoms with Gasteiger partial charge in [-0.05, 0) is 25.7 Å². The normalized spacial score (nSPS) is 25.9. The third-order valence-corrected chi connectivity index (χ3v) is 11.1. The number of hydrogen-bond acceptors (Lipinski definition) is 5. The van der Waals surface area contributed by atoms with Crippen LogP contribution in [0.5, 0.6) is 0 Å². The van der Waals surface area contributed by atoms with Gasteiger partial charge in [-0.1, -0.05) is 13.1 Å². The van der Waals surface area contributed by atoms with Crippen LogP contribution in [-0.4, -0.2) is 56.0 Å². The van der Waals surface area contributed by atoms with Crippen LogP contribution < -0.4 is 0 Å². The highest BCUT2D eigenvalue weighted by Crippen LogP contribution is 2.37. The fourth-order valence-electron chi connectivity index (χ4n) is 3.05. The summed E-state index contributed by atoms with van der Waals surface area (Å²) in [6, 6.07) is 0.789. The minimum atomic E-state index is -2.50. The van der Waals surface area contributed by atoms with E-state index in [9.17, 15) is 0 Å². The highest BCUT2D eigenvalue weighted by Gasteiger charge is 2.45. The first-order valence-electron chi connectivity index (χ1n) is 7.44. The zero-order valence-electron chi connectivity index (χ0n) is 13.5. The van der Waals surface area contributed by atoms with Gasteiger partial charge in [0.25, 0.3) is 0 Å². The van der Waals surface area contributed by atoms with Crippen LogP contribution >= 0.6 is 12.6 Å². The van der Waals surface area contributed by atoms with Crippen LogP contribution in [-0.2, 0) is 18.0 Å². The van der Waals surface area contributed by atoms with Crippen LogP contribution in [0.15, 0.2) is 0 Å². The molecule has 1 aliphatic heterocycles. The summed E-state index contributed by atoms with van der Waals surface area (Å²) in [5.41, 5.74) is 0. The largest absolute Gasteiger partial charge is 0.500 e. The smallest absolute Gasteiger partial charge is 0.378 e. The van der Waals surface area contributed by atoms with Gasteiger partial charge in [-0.25, -0.2) is 0 Å². The first-order chi connectivity index (χ1) is 9.46. The minimum Gasteiger partial charge on any atom is -0.378 e. The molecule has 0 saturated carbocycles. The summed E-state index contributed by atoms with van der Waals surface area (Å²) < 4.78 is 22.7. The molecule has 20 heavy (non-hydrogen) atoms.